The van der Waals surface area contributed by atoms with E-state index in [1.165, 1.54) is 16.2 Å². The first-order chi connectivity index (χ1) is 13.5. The van der Waals surface area contributed by atoms with Gasteiger partial charge in [0.1, 0.15) is 10.6 Å². The molecule has 0 fully saturated rings. The molecule has 10 heteroatoms. The van der Waals surface area contributed by atoms with Gasteiger partial charge in [0.15, 0.2) is 5.16 Å². The van der Waals surface area contributed by atoms with E-state index in [1.807, 2.05) is 0 Å². The van der Waals surface area contributed by atoms with Crippen molar-refractivity contribution >= 4 is 50.8 Å². The number of aromatic amines is 1. The lowest BCUT2D eigenvalue weighted by Gasteiger charge is -2.16. The maximum absolute atomic E-state index is 12.3. The van der Waals surface area contributed by atoms with Gasteiger partial charge in [-0.15, -0.1) is 11.3 Å². The van der Waals surface area contributed by atoms with Gasteiger partial charge < -0.3 is 19.9 Å². The second-order valence-corrected chi connectivity index (χ2v) is 7.69. The normalized spacial score (nSPS) is 10.6. The Kier molecular flexibility index (Phi) is 6.32. The average Bonchev–Trinajstić information content (AvgIpc) is 3.15. The standard InChI is InChI=1S/C18H18N4O4S2/c1-22(9-14(23)19-11-4-3-5-12(8-11)26-2)15(24)10-28-18-20-16(25)13-6-7-27-17(13)21-18/h3-8H,9-10H2,1-2H3,(H,19,23)(H,20,21,25). The van der Waals surface area contributed by atoms with E-state index in [-0.39, 0.29) is 29.7 Å². The molecule has 0 radical (unpaired) electrons. The van der Waals surface area contributed by atoms with Gasteiger partial charge in [-0.2, -0.15) is 0 Å². The number of fused-ring (bicyclic) bond motifs is 1. The third-order valence-corrected chi connectivity index (χ3v) is 5.47. The van der Waals surface area contributed by atoms with E-state index in [2.05, 4.69) is 15.3 Å². The summed E-state index contributed by atoms with van der Waals surface area (Å²) >= 11 is 2.49. The number of nitrogens with zero attached hydrogens (tertiary/aromatic N) is 2. The molecule has 0 atom stereocenters. The fourth-order valence-corrected chi connectivity index (χ4v) is 3.98. The fourth-order valence-electron chi connectivity index (χ4n) is 2.36. The highest BCUT2D eigenvalue weighted by molar-refractivity contribution is 7.99. The molecule has 0 saturated heterocycles. The van der Waals surface area contributed by atoms with E-state index in [0.717, 1.165) is 11.8 Å². The number of ether oxygens (including phenoxy) is 1. The van der Waals surface area contributed by atoms with Gasteiger partial charge in [0.05, 0.1) is 24.8 Å². The van der Waals surface area contributed by atoms with E-state index in [0.29, 0.717) is 26.8 Å². The molecule has 146 valence electrons. The number of carbonyl (C=O) groups excluding carboxylic acids is 2. The molecule has 2 aromatic heterocycles. The van der Waals surface area contributed by atoms with Crippen LogP contribution >= 0.6 is 23.1 Å². The molecule has 3 rings (SSSR count). The van der Waals surface area contributed by atoms with Gasteiger partial charge in [-0.25, -0.2) is 4.98 Å². The Morgan fingerprint density at radius 2 is 2.18 bits per heavy atom. The number of amides is 2. The van der Waals surface area contributed by atoms with Gasteiger partial charge in [-0.3, -0.25) is 14.4 Å². The second-order valence-electron chi connectivity index (χ2n) is 5.83. The molecular weight excluding hydrogens is 400 g/mol. The van der Waals surface area contributed by atoms with Crippen LogP contribution in [0.1, 0.15) is 0 Å². The minimum absolute atomic E-state index is 0.0583. The van der Waals surface area contributed by atoms with Gasteiger partial charge in [0.2, 0.25) is 11.8 Å². The van der Waals surface area contributed by atoms with Crippen LogP contribution in [0.15, 0.2) is 45.7 Å². The van der Waals surface area contributed by atoms with E-state index in [4.69, 9.17) is 4.74 Å². The maximum Gasteiger partial charge on any atom is 0.260 e. The Morgan fingerprint density at radius 3 is 2.96 bits per heavy atom. The molecule has 0 unspecified atom stereocenters. The molecule has 2 amide bonds. The number of hydrogen-bond acceptors (Lipinski definition) is 7. The van der Waals surface area contributed by atoms with Gasteiger partial charge in [0, 0.05) is 18.8 Å². The molecule has 0 bridgehead atoms. The monoisotopic (exact) mass is 418 g/mol. The molecule has 0 aliphatic heterocycles. The molecule has 0 saturated carbocycles. The number of methoxy groups -OCH3 is 1. The predicted molar refractivity (Wildman–Crippen MR) is 110 cm³/mol. The summed E-state index contributed by atoms with van der Waals surface area (Å²) in [4.78, 5) is 45.3. The Morgan fingerprint density at radius 1 is 1.36 bits per heavy atom. The molecule has 8 nitrogen and oxygen atoms in total. The number of thioether (sulfide) groups is 1. The van der Waals surface area contributed by atoms with Crippen LogP contribution in [0.5, 0.6) is 5.75 Å². The largest absolute Gasteiger partial charge is 0.497 e. The summed E-state index contributed by atoms with van der Waals surface area (Å²) in [6.45, 7) is -0.0927. The summed E-state index contributed by atoms with van der Waals surface area (Å²) in [6, 6.07) is 8.67. The molecular formula is C18H18N4O4S2. The van der Waals surface area contributed by atoms with Crippen LogP contribution in [0.25, 0.3) is 10.2 Å². The summed E-state index contributed by atoms with van der Waals surface area (Å²) in [5.74, 6) is 0.117. The third-order valence-electron chi connectivity index (χ3n) is 3.81. The lowest BCUT2D eigenvalue weighted by molar-refractivity contribution is -0.131. The number of carbonyl (C=O) groups is 2. The van der Waals surface area contributed by atoms with Crippen LogP contribution in [-0.2, 0) is 9.59 Å². The molecule has 2 heterocycles. The summed E-state index contributed by atoms with van der Waals surface area (Å²) in [5, 5.41) is 5.43. The number of H-pyrrole nitrogens is 1. The summed E-state index contributed by atoms with van der Waals surface area (Å²) < 4.78 is 5.11. The Bertz CT molecular complexity index is 1060. The Balaban J connectivity index is 1.53. The van der Waals surface area contributed by atoms with Crippen molar-refractivity contribution in [3.8, 4) is 5.75 Å². The number of anilines is 1. The second kappa shape index (κ2) is 8.89. The van der Waals surface area contributed by atoms with Crippen molar-refractivity contribution in [2.45, 2.75) is 5.16 Å². The highest BCUT2D eigenvalue weighted by Crippen LogP contribution is 2.19. The molecule has 1 aromatic carbocycles. The first kappa shape index (κ1) is 19.9. The van der Waals surface area contributed by atoms with Crippen molar-refractivity contribution < 1.29 is 14.3 Å². The van der Waals surface area contributed by atoms with Crippen molar-refractivity contribution in [2.75, 3.05) is 31.8 Å². The smallest absolute Gasteiger partial charge is 0.260 e. The minimum Gasteiger partial charge on any atom is -0.497 e. The molecule has 0 aliphatic rings. The van der Waals surface area contributed by atoms with Gasteiger partial charge in [0.25, 0.3) is 5.56 Å². The van der Waals surface area contributed by atoms with Crippen LogP contribution in [0.2, 0.25) is 0 Å². The Hall–Kier alpha value is -2.85. The fraction of sp³-hybridized carbons (Fsp3) is 0.222. The quantitative estimate of drug-likeness (QED) is 0.450. The zero-order valence-electron chi connectivity index (χ0n) is 15.2. The molecule has 28 heavy (non-hydrogen) atoms. The van der Waals surface area contributed by atoms with Crippen LogP contribution in [0, 0.1) is 0 Å². The number of likely N-dealkylation sites (N-methyl/N-ethyl adjacent to an activating group) is 1. The van der Waals surface area contributed by atoms with E-state index < -0.39 is 0 Å². The average molecular weight is 419 g/mol. The maximum atomic E-state index is 12.3. The number of hydrogen-bond donors (Lipinski definition) is 2. The number of rotatable bonds is 7. The van der Waals surface area contributed by atoms with Crippen LogP contribution in [0.4, 0.5) is 5.69 Å². The zero-order chi connectivity index (χ0) is 20.1. The van der Waals surface area contributed by atoms with Crippen LogP contribution in [0.3, 0.4) is 0 Å². The molecule has 0 aliphatic carbocycles. The highest BCUT2D eigenvalue weighted by Gasteiger charge is 2.15. The van der Waals surface area contributed by atoms with E-state index in [9.17, 15) is 14.4 Å². The molecule has 0 spiro atoms. The highest BCUT2D eigenvalue weighted by atomic mass is 32.2. The van der Waals surface area contributed by atoms with Gasteiger partial charge in [-0.05, 0) is 23.6 Å². The van der Waals surface area contributed by atoms with E-state index >= 15 is 0 Å². The van der Waals surface area contributed by atoms with Gasteiger partial charge in [-0.1, -0.05) is 17.8 Å². The summed E-state index contributed by atoms with van der Waals surface area (Å²) in [7, 11) is 3.09. The summed E-state index contributed by atoms with van der Waals surface area (Å²) in [5.41, 5.74) is 0.359. The lowest BCUT2D eigenvalue weighted by atomic mass is 10.3. The van der Waals surface area contributed by atoms with Crippen molar-refractivity contribution in [2.24, 2.45) is 0 Å². The minimum atomic E-state index is -0.319. The third kappa shape index (κ3) is 4.90. The van der Waals surface area contributed by atoms with Crippen molar-refractivity contribution in [3.05, 3.63) is 46.1 Å². The number of thiophene rings is 1. The zero-order valence-corrected chi connectivity index (χ0v) is 16.9. The van der Waals surface area contributed by atoms with E-state index in [1.54, 1.807) is 49.9 Å². The van der Waals surface area contributed by atoms with Crippen molar-refractivity contribution in [3.63, 3.8) is 0 Å². The SMILES string of the molecule is COc1cccc(NC(=O)CN(C)C(=O)CSc2nc3sccc3c(=O)[nH]2)c1. The summed E-state index contributed by atoms with van der Waals surface area (Å²) in [6.07, 6.45) is 0. The van der Waals surface area contributed by atoms with Crippen LogP contribution < -0.4 is 15.6 Å². The topological polar surface area (TPSA) is 104 Å². The first-order valence-electron chi connectivity index (χ1n) is 8.24. The predicted octanol–water partition coefficient (Wildman–Crippen LogP) is 2.18. The molecule has 3 aromatic rings. The number of aromatic nitrogens is 2. The van der Waals surface area contributed by atoms with Crippen molar-refractivity contribution in [1.29, 1.82) is 0 Å². The molecule has 2 N–H and O–H groups in total. The number of nitrogens with one attached hydrogen (secondary N) is 2. The van der Waals surface area contributed by atoms with Crippen molar-refractivity contribution in [1.82, 2.24) is 14.9 Å². The van der Waals surface area contributed by atoms with Crippen LogP contribution in [-0.4, -0.2) is 53.1 Å². The van der Waals surface area contributed by atoms with Gasteiger partial charge >= 0.3 is 0 Å². The number of benzene rings is 1. The Labute approximate surface area is 168 Å². The lowest BCUT2D eigenvalue weighted by Crippen LogP contribution is -2.36. The first-order valence-corrected chi connectivity index (χ1v) is 10.1.